The van der Waals surface area contributed by atoms with Gasteiger partial charge in [0.1, 0.15) is 11.4 Å². The Morgan fingerprint density at radius 2 is 2.09 bits per heavy atom. The number of fused-ring (bicyclic) bond motifs is 2. The fraction of sp³-hybridized carbons (Fsp3) is 0.625. The normalized spacial score (nSPS) is 21.3. The highest BCUT2D eigenvalue weighted by molar-refractivity contribution is 5.76. The Hall–Kier alpha value is -2.49. The van der Waals surface area contributed by atoms with E-state index >= 15 is 0 Å². The highest BCUT2D eigenvalue weighted by Crippen LogP contribution is 2.19. The highest BCUT2D eigenvalue weighted by Gasteiger charge is 2.28. The van der Waals surface area contributed by atoms with Crippen LogP contribution in [0.3, 0.4) is 0 Å². The molecule has 0 spiro atoms. The summed E-state index contributed by atoms with van der Waals surface area (Å²) in [5.41, 5.74) is 1.97. The predicted molar refractivity (Wildman–Crippen MR) is 125 cm³/mol. The summed E-state index contributed by atoms with van der Waals surface area (Å²) < 4.78 is 13.3. The Kier molecular flexibility index (Phi) is 9.22. The van der Waals surface area contributed by atoms with Crippen molar-refractivity contribution in [2.24, 2.45) is 5.92 Å². The first-order valence-corrected chi connectivity index (χ1v) is 11.6. The molecule has 1 aromatic carbocycles. The lowest BCUT2D eigenvalue weighted by Gasteiger charge is -2.35. The van der Waals surface area contributed by atoms with Crippen molar-refractivity contribution in [3.05, 3.63) is 41.7 Å². The molecule has 0 saturated carbocycles. The van der Waals surface area contributed by atoms with Crippen LogP contribution in [0.4, 0.5) is 0 Å². The maximum Gasteiger partial charge on any atom is 0.222 e. The molecule has 1 aromatic heterocycles. The van der Waals surface area contributed by atoms with Crippen LogP contribution in [0, 0.1) is 5.92 Å². The summed E-state index contributed by atoms with van der Waals surface area (Å²) in [4.78, 5) is 17.0. The monoisotopic (exact) mass is 459 g/mol. The molecule has 1 aliphatic rings. The minimum atomic E-state index is -0.236. The van der Waals surface area contributed by atoms with Crippen LogP contribution in [0.1, 0.15) is 37.9 Å². The topological polar surface area (TPSA) is 93.0 Å². The average molecular weight is 460 g/mol. The number of methoxy groups -OCH3 is 1. The van der Waals surface area contributed by atoms with Crippen molar-refractivity contribution in [2.45, 2.75) is 58.5 Å². The van der Waals surface area contributed by atoms with E-state index in [1.807, 2.05) is 25.3 Å². The third-order valence-corrected chi connectivity index (χ3v) is 6.15. The van der Waals surface area contributed by atoms with Gasteiger partial charge in [0.05, 0.1) is 38.7 Å². The third kappa shape index (κ3) is 7.25. The first kappa shape index (κ1) is 25.1. The summed E-state index contributed by atoms with van der Waals surface area (Å²) in [5, 5.41) is 18.1. The van der Waals surface area contributed by atoms with Crippen molar-refractivity contribution in [2.75, 3.05) is 33.9 Å². The summed E-state index contributed by atoms with van der Waals surface area (Å²) in [6.07, 6.45) is 2.86. The molecule has 0 unspecified atom stereocenters. The lowest BCUT2D eigenvalue weighted by Crippen LogP contribution is -2.47. The van der Waals surface area contributed by atoms with Crippen LogP contribution in [0.2, 0.25) is 0 Å². The summed E-state index contributed by atoms with van der Waals surface area (Å²) in [5.74, 6) is 0.954. The van der Waals surface area contributed by atoms with Crippen molar-refractivity contribution in [1.82, 2.24) is 24.8 Å². The fourth-order valence-corrected chi connectivity index (χ4v) is 4.11. The third-order valence-electron chi connectivity index (χ3n) is 6.15. The number of ether oxygens (including phenoxy) is 2. The van der Waals surface area contributed by atoms with Gasteiger partial charge in [-0.3, -0.25) is 14.4 Å². The number of benzene rings is 1. The second-order valence-electron chi connectivity index (χ2n) is 9.03. The van der Waals surface area contributed by atoms with E-state index in [0.717, 1.165) is 18.0 Å². The number of aromatic nitrogens is 3. The van der Waals surface area contributed by atoms with Crippen LogP contribution < -0.4 is 4.74 Å². The number of aliphatic hydroxyl groups is 1. The Morgan fingerprint density at radius 3 is 2.79 bits per heavy atom. The van der Waals surface area contributed by atoms with Crippen LogP contribution in [0.25, 0.3) is 0 Å². The summed E-state index contributed by atoms with van der Waals surface area (Å²) in [6, 6.07) is 7.81. The molecule has 1 amide bonds. The van der Waals surface area contributed by atoms with Gasteiger partial charge in [0, 0.05) is 38.5 Å². The Morgan fingerprint density at radius 1 is 1.33 bits per heavy atom. The van der Waals surface area contributed by atoms with Crippen LogP contribution in [-0.2, 0) is 29.2 Å². The predicted octanol–water partition coefficient (Wildman–Crippen LogP) is 1.94. The largest absolute Gasteiger partial charge is 0.497 e. The zero-order valence-electron chi connectivity index (χ0n) is 20.2. The number of carbonyl (C=O) groups excluding carboxylic acids is 1. The van der Waals surface area contributed by atoms with Gasteiger partial charge in [-0.25, -0.2) is 0 Å². The van der Waals surface area contributed by atoms with Gasteiger partial charge in [-0.15, -0.1) is 5.10 Å². The lowest BCUT2D eigenvalue weighted by molar-refractivity contribution is -0.136. The standard InChI is InChI=1S/C24H37N5O4/c1-18-12-29(19(2)16-30)24(31)6-5-11-28-14-21(25-26-28)17-33-23(18)15-27(3)13-20-7-9-22(32-4)10-8-20/h7-10,14,18-19,23,30H,5-6,11-13,15-17H2,1-4H3/t18-,19+,23+/m0/s1. The van der Waals surface area contributed by atoms with E-state index in [9.17, 15) is 9.90 Å². The van der Waals surface area contributed by atoms with Gasteiger partial charge in [-0.1, -0.05) is 24.3 Å². The minimum Gasteiger partial charge on any atom is -0.497 e. The van der Waals surface area contributed by atoms with Gasteiger partial charge in [0.25, 0.3) is 0 Å². The molecule has 0 fully saturated rings. The second kappa shape index (κ2) is 12.1. The molecule has 2 heterocycles. The second-order valence-corrected chi connectivity index (χ2v) is 9.03. The number of amides is 1. The molecule has 182 valence electrons. The number of carbonyl (C=O) groups is 1. The van der Waals surface area contributed by atoms with Gasteiger partial charge < -0.3 is 19.5 Å². The number of nitrogens with zero attached hydrogens (tertiary/aromatic N) is 5. The molecule has 3 atom stereocenters. The van der Waals surface area contributed by atoms with Gasteiger partial charge >= 0.3 is 0 Å². The molecule has 9 heteroatoms. The molecule has 3 rings (SSSR count). The van der Waals surface area contributed by atoms with Gasteiger partial charge in [0.2, 0.25) is 5.91 Å². The molecular weight excluding hydrogens is 422 g/mol. The first-order valence-electron chi connectivity index (χ1n) is 11.6. The van der Waals surface area contributed by atoms with Crippen LogP contribution in [-0.4, -0.2) is 81.8 Å². The van der Waals surface area contributed by atoms with E-state index in [-0.39, 0.29) is 30.6 Å². The van der Waals surface area contributed by atoms with E-state index in [1.54, 1.807) is 16.7 Å². The first-order chi connectivity index (χ1) is 15.9. The van der Waals surface area contributed by atoms with E-state index in [1.165, 1.54) is 5.56 Å². The van der Waals surface area contributed by atoms with Crippen LogP contribution in [0.5, 0.6) is 5.75 Å². The van der Waals surface area contributed by atoms with Gasteiger partial charge in [0.15, 0.2) is 0 Å². The fourth-order valence-electron chi connectivity index (χ4n) is 4.11. The van der Waals surface area contributed by atoms with E-state index < -0.39 is 0 Å². The van der Waals surface area contributed by atoms with Crippen LogP contribution >= 0.6 is 0 Å². The number of hydrogen-bond acceptors (Lipinski definition) is 7. The molecule has 0 aliphatic carbocycles. The van der Waals surface area contributed by atoms with Crippen molar-refractivity contribution in [3.8, 4) is 5.75 Å². The zero-order chi connectivity index (χ0) is 23.8. The van der Waals surface area contributed by atoms with E-state index in [2.05, 4.69) is 41.3 Å². The molecule has 9 nitrogen and oxygen atoms in total. The molecule has 0 radical (unpaired) electrons. The lowest BCUT2D eigenvalue weighted by atomic mass is 10.0. The van der Waals surface area contributed by atoms with Crippen LogP contribution in [0.15, 0.2) is 30.5 Å². The number of likely N-dealkylation sites (N-methyl/N-ethyl adjacent to an activating group) is 1. The minimum absolute atomic E-state index is 0.0494. The highest BCUT2D eigenvalue weighted by atomic mass is 16.5. The van der Waals surface area contributed by atoms with E-state index in [0.29, 0.717) is 39.1 Å². The van der Waals surface area contributed by atoms with Gasteiger partial charge in [-0.05, 0) is 38.1 Å². The number of aryl methyl sites for hydroxylation is 1. The zero-order valence-corrected chi connectivity index (χ0v) is 20.2. The molecule has 0 saturated heterocycles. The van der Waals surface area contributed by atoms with Crippen molar-refractivity contribution in [3.63, 3.8) is 0 Å². The Bertz CT molecular complexity index is 872. The summed E-state index contributed by atoms with van der Waals surface area (Å²) in [7, 11) is 3.73. The molecule has 1 N–H and O–H groups in total. The molecular formula is C24H37N5O4. The maximum absolute atomic E-state index is 13.0. The van der Waals surface area contributed by atoms with Gasteiger partial charge in [-0.2, -0.15) is 0 Å². The van der Waals surface area contributed by atoms with E-state index in [4.69, 9.17) is 9.47 Å². The molecule has 1 aliphatic heterocycles. The Labute approximate surface area is 196 Å². The smallest absolute Gasteiger partial charge is 0.222 e. The number of aliphatic hydroxyl groups excluding tert-OH is 1. The van der Waals surface area contributed by atoms with Crippen molar-refractivity contribution >= 4 is 5.91 Å². The molecule has 33 heavy (non-hydrogen) atoms. The Balaban J connectivity index is 1.74. The van der Waals surface area contributed by atoms with Crippen molar-refractivity contribution in [1.29, 1.82) is 0 Å². The maximum atomic E-state index is 13.0. The summed E-state index contributed by atoms with van der Waals surface area (Å²) >= 11 is 0. The SMILES string of the molecule is COc1ccc(CN(C)C[C@H]2OCc3cn(nn3)CCCC(=O)N([C@H](C)CO)C[C@@H]2C)cc1. The summed E-state index contributed by atoms with van der Waals surface area (Å²) in [6.45, 7) is 6.92. The quantitative estimate of drug-likeness (QED) is 0.676. The number of rotatable bonds is 7. The van der Waals surface area contributed by atoms with Crippen molar-refractivity contribution < 1.29 is 19.4 Å². The molecule has 2 bridgehead atoms. The molecule has 2 aromatic rings. The average Bonchev–Trinajstić information content (AvgIpc) is 3.27. The number of hydrogen-bond donors (Lipinski definition) is 1.